The number of rotatable bonds is 4. The number of aryl methyl sites for hydroxylation is 2. The maximum atomic E-state index is 12.4. The molecule has 1 N–H and O–H groups in total. The maximum Gasteiger partial charge on any atom is 0.321 e. The predicted molar refractivity (Wildman–Crippen MR) is 103 cm³/mol. The van der Waals surface area contributed by atoms with Crippen LogP contribution >= 0.6 is 0 Å². The lowest BCUT2D eigenvalue weighted by Gasteiger charge is -2.32. The minimum absolute atomic E-state index is 0.0688. The van der Waals surface area contributed by atoms with Crippen molar-refractivity contribution in [3.05, 3.63) is 53.6 Å². The quantitative estimate of drug-likeness (QED) is 0.886. The summed E-state index contributed by atoms with van der Waals surface area (Å²) >= 11 is 0. The highest BCUT2D eigenvalue weighted by Crippen LogP contribution is 2.26. The number of nitrogens with zero attached hydrogens (tertiary/aromatic N) is 1. The maximum absolute atomic E-state index is 12.4. The number of piperidine rings is 1. The van der Waals surface area contributed by atoms with Gasteiger partial charge in [-0.2, -0.15) is 0 Å². The summed E-state index contributed by atoms with van der Waals surface area (Å²) in [5, 5.41) is 2.94. The highest BCUT2D eigenvalue weighted by molar-refractivity contribution is 5.89. The molecule has 26 heavy (non-hydrogen) atoms. The molecule has 1 aliphatic rings. The van der Waals surface area contributed by atoms with Gasteiger partial charge in [0.2, 0.25) is 0 Å². The molecule has 1 fully saturated rings. The van der Waals surface area contributed by atoms with Gasteiger partial charge in [-0.25, -0.2) is 4.79 Å². The molecule has 2 amide bonds. The van der Waals surface area contributed by atoms with Crippen LogP contribution in [0.1, 0.15) is 24.0 Å². The summed E-state index contributed by atoms with van der Waals surface area (Å²) in [5.74, 6) is 1.75. The minimum atomic E-state index is -0.0688. The molecule has 0 aromatic heterocycles. The Labute approximate surface area is 154 Å². The van der Waals surface area contributed by atoms with Crippen LogP contribution in [0.4, 0.5) is 10.5 Å². The van der Waals surface area contributed by atoms with Crippen LogP contribution in [0.5, 0.6) is 11.5 Å². The number of likely N-dealkylation sites (tertiary alicyclic amines) is 1. The van der Waals surface area contributed by atoms with Crippen LogP contribution in [0, 0.1) is 13.8 Å². The summed E-state index contributed by atoms with van der Waals surface area (Å²) in [6.07, 6.45) is 1.83. The van der Waals surface area contributed by atoms with E-state index in [0.29, 0.717) is 13.1 Å². The average molecular weight is 354 g/mol. The number of hydrogen-bond donors (Lipinski definition) is 1. The fourth-order valence-electron chi connectivity index (χ4n) is 3.21. The molecule has 0 aliphatic carbocycles. The van der Waals surface area contributed by atoms with Gasteiger partial charge in [-0.1, -0.05) is 18.2 Å². The van der Waals surface area contributed by atoms with Crippen LogP contribution in [0.25, 0.3) is 0 Å². The predicted octanol–water partition coefficient (Wildman–Crippen LogP) is 4.39. The lowest BCUT2D eigenvalue weighted by molar-refractivity contribution is 0.114. The van der Waals surface area contributed by atoms with E-state index in [1.807, 2.05) is 35.2 Å². The zero-order valence-corrected chi connectivity index (χ0v) is 15.6. The van der Waals surface area contributed by atoms with Gasteiger partial charge in [-0.05, 0) is 49.2 Å². The van der Waals surface area contributed by atoms with Crippen LogP contribution in [0.15, 0.2) is 42.5 Å². The van der Waals surface area contributed by atoms with Gasteiger partial charge in [0.25, 0.3) is 0 Å². The summed E-state index contributed by atoms with van der Waals surface area (Å²) in [5.41, 5.74) is 3.08. The third-order valence-electron chi connectivity index (χ3n) is 4.76. The van der Waals surface area contributed by atoms with E-state index in [4.69, 9.17) is 9.47 Å². The Kier molecular flexibility index (Phi) is 5.66. The van der Waals surface area contributed by atoms with Crippen LogP contribution in [0.2, 0.25) is 0 Å². The summed E-state index contributed by atoms with van der Waals surface area (Å²) in [4.78, 5) is 14.3. The lowest BCUT2D eigenvalue weighted by Crippen LogP contribution is -2.43. The molecule has 5 heteroatoms. The van der Waals surface area contributed by atoms with Crippen LogP contribution < -0.4 is 14.8 Å². The third-order valence-corrected chi connectivity index (χ3v) is 4.76. The molecule has 0 spiro atoms. The third kappa shape index (κ3) is 4.28. The summed E-state index contributed by atoms with van der Waals surface area (Å²) < 4.78 is 11.3. The number of nitrogens with one attached hydrogen (secondary N) is 1. The minimum Gasteiger partial charge on any atom is -0.497 e. The normalized spacial score (nSPS) is 14.8. The number of benzene rings is 2. The molecule has 2 aromatic rings. The van der Waals surface area contributed by atoms with Gasteiger partial charge in [-0.3, -0.25) is 0 Å². The second-order valence-electron chi connectivity index (χ2n) is 6.68. The van der Waals surface area contributed by atoms with Crippen molar-refractivity contribution < 1.29 is 14.3 Å². The van der Waals surface area contributed by atoms with Gasteiger partial charge >= 0.3 is 6.03 Å². The van der Waals surface area contributed by atoms with E-state index in [1.54, 1.807) is 7.11 Å². The molecular weight excluding hydrogens is 328 g/mol. The van der Waals surface area contributed by atoms with E-state index in [9.17, 15) is 4.79 Å². The van der Waals surface area contributed by atoms with E-state index < -0.39 is 0 Å². The monoisotopic (exact) mass is 354 g/mol. The van der Waals surface area contributed by atoms with Crippen molar-refractivity contribution in [3.63, 3.8) is 0 Å². The molecule has 1 aliphatic heterocycles. The van der Waals surface area contributed by atoms with E-state index >= 15 is 0 Å². The van der Waals surface area contributed by atoms with E-state index in [0.717, 1.165) is 41.2 Å². The number of para-hydroxylation sites is 1. The van der Waals surface area contributed by atoms with Crippen LogP contribution in [0.3, 0.4) is 0 Å². The fourth-order valence-corrected chi connectivity index (χ4v) is 3.21. The van der Waals surface area contributed by atoms with Crippen LogP contribution in [-0.2, 0) is 0 Å². The van der Waals surface area contributed by atoms with Crippen molar-refractivity contribution in [1.29, 1.82) is 0 Å². The zero-order chi connectivity index (χ0) is 18.5. The molecule has 0 saturated carbocycles. The molecule has 1 saturated heterocycles. The highest BCUT2D eigenvalue weighted by atomic mass is 16.5. The van der Waals surface area contributed by atoms with Crippen molar-refractivity contribution in [2.75, 3.05) is 25.5 Å². The Morgan fingerprint density at radius 2 is 1.65 bits per heavy atom. The van der Waals surface area contributed by atoms with Gasteiger partial charge in [0.1, 0.15) is 17.6 Å². The molecule has 0 bridgehead atoms. The van der Waals surface area contributed by atoms with Crippen molar-refractivity contribution in [2.45, 2.75) is 32.8 Å². The Morgan fingerprint density at radius 3 is 2.23 bits per heavy atom. The second-order valence-corrected chi connectivity index (χ2v) is 6.68. The van der Waals surface area contributed by atoms with Crippen molar-refractivity contribution in [3.8, 4) is 11.5 Å². The Hall–Kier alpha value is -2.69. The van der Waals surface area contributed by atoms with E-state index in [2.05, 4.69) is 31.3 Å². The molecule has 0 radical (unpaired) electrons. The van der Waals surface area contributed by atoms with Crippen LogP contribution in [-0.4, -0.2) is 37.2 Å². The van der Waals surface area contributed by atoms with Gasteiger partial charge < -0.3 is 19.7 Å². The standard InChI is InChI=1S/C21H26N2O3/c1-15-5-4-6-16(2)20(15)26-19-11-13-23(14-12-19)21(24)22-17-7-9-18(25-3)10-8-17/h4-10,19H,11-14H2,1-3H3,(H,22,24). The van der Waals surface area contributed by atoms with Gasteiger partial charge in [-0.15, -0.1) is 0 Å². The molecule has 138 valence electrons. The average Bonchev–Trinajstić information content (AvgIpc) is 2.66. The number of carbonyl (C=O) groups excluding carboxylic acids is 1. The summed E-state index contributed by atoms with van der Waals surface area (Å²) in [7, 11) is 1.62. The zero-order valence-electron chi connectivity index (χ0n) is 15.6. The van der Waals surface area contributed by atoms with Crippen molar-refractivity contribution in [1.82, 2.24) is 4.90 Å². The first kappa shape index (κ1) is 18.1. The Morgan fingerprint density at radius 1 is 1.04 bits per heavy atom. The first-order valence-corrected chi connectivity index (χ1v) is 8.99. The number of amides is 2. The number of methoxy groups -OCH3 is 1. The fraction of sp³-hybridized carbons (Fsp3) is 0.381. The number of hydrogen-bond acceptors (Lipinski definition) is 3. The molecule has 5 nitrogen and oxygen atoms in total. The highest BCUT2D eigenvalue weighted by Gasteiger charge is 2.24. The number of urea groups is 1. The SMILES string of the molecule is COc1ccc(NC(=O)N2CCC(Oc3c(C)cccc3C)CC2)cc1. The summed E-state index contributed by atoms with van der Waals surface area (Å²) in [6.45, 7) is 5.52. The largest absolute Gasteiger partial charge is 0.497 e. The van der Waals surface area contributed by atoms with Gasteiger partial charge in [0.15, 0.2) is 0 Å². The molecule has 1 heterocycles. The summed E-state index contributed by atoms with van der Waals surface area (Å²) in [6, 6.07) is 13.5. The van der Waals surface area contributed by atoms with E-state index in [-0.39, 0.29) is 12.1 Å². The molecule has 2 aromatic carbocycles. The molecule has 3 rings (SSSR count). The smallest absolute Gasteiger partial charge is 0.321 e. The Balaban J connectivity index is 1.52. The number of carbonyl (C=O) groups is 1. The van der Waals surface area contributed by atoms with Crippen molar-refractivity contribution >= 4 is 11.7 Å². The second kappa shape index (κ2) is 8.13. The first-order chi connectivity index (χ1) is 12.6. The van der Waals surface area contributed by atoms with Crippen molar-refractivity contribution in [2.24, 2.45) is 0 Å². The lowest BCUT2D eigenvalue weighted by atomic mass is 10.1. The Bertz CT molecular complexity index is 730. The number of ether oxygens (including phenoxy) is 2. The molecule has 0 atom stereocenters. The molecular formula is C21H26N2O3. The van der Waals surface area contributed by atoms with Gasteiger partial charge in [0.05, 0.1) is 7.11 Å². The topological polar surface area (TPSA) is 50.8 Å². The number of anilines is 1. The van der Waals surface area contributed by atoms with Gasteiger partial charge in [0, 0.05) is 31.6 Å². The molecule has 0 unspecified atom stereocenters. The van der Waals surface area contributed by atoms with E-state index in [1.165, 1.54) is 0 Å². The first-order valence-electron chi connectivity index (χ1n) is 8.99.